The van der Waals surface area contributed by atoms with Crippen LogP contribution in [0.25, 0.3) is 0 Å². The number of anilines is 1. The summed E-state index contributed by atoms with van der Waals surface area (Å²) in [6, 6.07) is 5.72. The Hall–Kier alpha value is -1.35. The van der Waals surface area contributed by atoms with E-state index in [0.29, 0.717) is 11.8 Å². The van der Waals surface area contributed by atoms with Crippen molar-refractivity contribution in [2.45, 2.75) is 52.5 Å². The number of nitrogens with one attached hydrogen (secondary N) is 1. The molecule has 100 valence electrons. The third-order valence-electron chi connectivity index (χ3n) is 3.04. The zero-order chi connectivity index (χ0) is 13.9. The third-order valence-corrected chi connectivity index (χ3v) is 3.04. The molecule has 1 rings (SSSR count). The van der Waals surface area contributed by atoms with Gasteiger partial charge in [-0.25, -0.2) is 0 Å². The lowest BCUT2D eigenvalue weighted by atomic mass is 9.94. The minimum atomic E-state index is -0.491. The van der Waals surface area contributed by atoms with Crippen molar-refractivity contribution < 1.29 is 4.79 Å². The molecule has 1 amide bonds. The molecule has 3 N–H and O–H groups in total. The van der Waals surface area contributed by atoms with Gasteiger partial charge in [-0.1, -0.05) is 39.8 Å². The second-order valence-electron chi connectivity index (χ2n) is 5.43. The molecule has 0 aliphatic carbocycles. The molecule has 0 aliphatic heterocycles. The van der Waals surface area contributed by atoms with Gasteiger partial charge < -0.3 is 11.1 Å². The van der Waals surface area contributed by atoms with Crippen LogP contribution in [0.3, 0.4) is 0 Å². The van der Waals surface area contributed by atoms with E-state index in [1.807, 2.05) is 6.07 Å². The van der Waals surface area contributed by atoms with E-state index in [0.717, 1.165) is 11.3 Å². The van der Waals surface area contributed by atoms with Crippen LogP contribution in [0.4, 0.5) is 5.69 Å². The molecular formula is C15H24N2O. The van der Waals surface area contributed by atoms with Gasteiger partial charge in [-0.05, 0) is 36.0 Å². The van der Waals surface area contributed by atoms with Gasteiger partial charge in [0.25, 0.3) is 0 Å². The van der Waals surface area contributed by atoms with E-state index in [2.05, 4.69) is 45.1 Å². The molecule has 0 fully saturated rings. The molecule has 0 aromatic heterocycles. The molecule has 0 bridgehead atoms. The van der Waals surface area contributed by atoms with Crippen molar-refractivity contribution in [3.63, 3.8) is 0 Å². The summed E-state index contributed by atoms with van der Waals surface area (Å²) in [7, 11) is 0. The van der Waals surface area contributed by atoms with E-state index in [-0.39, 0.29) is 5.91 Å². The number of rotatable bonds is 4. The second-order valence-corrected chi connectivity index (χ2v) is 5.43. The second kappa shape index (κ2) is 6.01. The van der Waals surface area contributed by atoms with Crippen LogP contribution in [-0.4, -0.2) is 11.9 Å². The Balaban J connectivity index is 3.08. The average molecular weight is 248 g/mol. The van der Waals surface area contributed by atoms with Crippen molar-refractivity contribution in [3.8, 4) is 0 Å². The Morgan fingerprint density at radius 1 is 1.11 bits per heavy atom. The fourth-order valence-electron chi connectivity index (χ4n) is 1.78. The molecule has 0 aliphatic rings. The molecule has 0 spiro atoms. The quantitative estimate of drug-likeness (QED) is 0.859. The molecule has 0 radical (unpaired) electrons. The van der Waals surface area contributed by atoms with Crippen LogP contribution in [-0.2, 0) is 4.79 Å². The van der Waals surface area contributed by atoms with Crippen LogP contribution in [0.15, 0.2) is 18.2 Å². The largest absolute Gasteiger partial charge is 0.324 e. The van der Waals surface area contributed by atoms with Gasteiger partial charge in [-0.3, -0.25) is 4.79 Å². The lowest BCUT2D eigenvalue weighted by molar-refractivity contribution is -0.117. The zero-order valence-electron chi connectivity index (χ0n) is 11.9. The van der Waals surface area contributed by atoms with Gasteiger partial charge in [-0.2, -0.15) is 0 Å². The zero-order valence-corrected chi connectivity index (χ0v) is 11.9. The fourth-order valence-corrected chi connectivity index (χ4v) is 1.78. The molecule has 3 nitrogen and oxygen atoms in total. The number of hydrogen-bond acceptors (Lipinski definition) is 2. The van der Waals surface area contributed by atoms with Crippen LogP contribution in [0.2, 0.25) is 0 Å². The Morgan fingerprint density at radius 2 is 1.72 bits per heavy atom. The highest BCUT2D eigenvalue weighted by Crippen LogP contribution is 2.28. The normalized spacial score (nSPS) is 12.9. The summed E-state index contributed by atoms with van der Waals surface area (Å²) in [4.78, 5) is 11.7. The Bertz CT molecular complexity index is 423. The van der Waals surface area contributed by atoms with Crippen LogP contribution >= 0.6 is 0 Å². The van der Waals surface area contributed by atoms with E-state index in [9.17, 15) is 4.79 Å². The summed E-state index contributed by atoms with van der Waals surface area (Å²) in [5.74, 6) is 0.710. The molecule has 1 aromatic rings. The van der Waals surface area contributed by atoms with E-state index in [1.54, 1.807) is 6.92 Å². The molecule has 18 heavy (non-hydrogen) atoms. The summed E-state index contributed by atoms with van der Waals surface area (Å²) in [6.45, 7) is 10.3. The van der Waals surface area contributed by atoms with Gasteiger partial charge in [0.15, 0.2) is 0 Å². The number of hydrogen-bond donors (Lipinski definition) is 2. The van der Waals surface area contributed by atoms with Crippen molar-refractivity contribution in [2.75, 3.05) is 5.32 Å². The maximum atomic E-state index is 11.7. The Kier molecular flexibility index (Phi) is 4.91. The predicted octanol–water partition coefficient (Wildman–Crippen LogP) is 3.22. The van der Waals surface area contributed by atoms with Gasteiger partial charge in [-0.15, -0.1) is 0 Å². The molecule has 0 heterocycles. The van der Waals surface area contributed by atoms with Gasteiger partial charge in [0.2, 0.25) is 5.91 Å². The van der Waals surface area contributed by atoms with Crippen molar-refractivity contribution >= 4 is 11.6 Å². The lowest BCUT2D eigenvalue weighted by Gasteiger charge is -2.17. The van der Waals surface area contributed by atoms with E-state index >= 15 is 0 Å². The highest BCUT2D eigenvalue weighted by Gasteiger charge is 2.13. The first-order valence-corrected chi connectivity index (χ1v) is 6.53. The third kappa shape index (κ3) is 3.57. The molecule has 1 aromatic carbocycles. The minimum Gasteiger partial charge on any atom is -0.324 e. The van der Waals surface area contributed by atoms with E-state index in [1.165, 1.54) is 5.56 Å². The van der Waals surface area contributed by atoms with E-state index in [4.69, 9.17) is 5.73 Å². The van der Waals surface area contributed by atoms with Gasteiger partial charge in [0.1, 0.15) is 0 Å². The predicted molar refractivity (Wildman–Crippen MR) is 76.9 cm³/mol. The molecular weight excluding hydrogens is 224 g/mol. The summed E-state index contributed by atoms with van der Waals surface area (Å²) in [5, 5.41) is 2.89. The standard InChI is InChI=1S/C15H24N2O/c1-9(2)12-6-7-14(13(8-12)10(3)4)17-15(18)11(5)16/h6-11H,16H2,1-5H3,(H,17,18)/t11-/m0/s1. The van der Waals surface area contributed by atoms with Crippen molar-refractivity contribution in [1.29, 1.82) is 0 Å². The first-order chi connectivity index (χ1) is 8.32. The smallest absolute Gasteiger partial charge is 0.241 e. The molecule has 0 unspecified atom stereocenters. The average Bonchev–Trinajstić information content (AvgIpc) is 2.28. The topological polar surface area (TPSA) is 55.1 Å². The Labute approximate surface area is 110 Å². The SMILES string of the molecule is CC(C)c1ccc(NC(=O)[C@H](C)N)c(C(C)C)c1. The number of carbonyl (C=O) groups is 1. The van der Waals surface area contributed by atoms with Crippen LogP contribution in [0.1, 0.15) is 57.6 Å². The number of benzene rings is 1. The van der Waals surface area contributed by atoms with Gasteiger partial charge >= 0.3 is 0 Å². The summed E-state index contributed by atoms with van der Waals surface area (Å²) >= 11 is 0. The van der Waals surface area contributed by atoms with Crippen LogP contribution < -0.4 is 11.1 Å². The number of carbonyl (C=O) groups excluding carboxylic acids is 1. The molecule has 0 saturated heterocycles. The van der Waals surface area contributed by atoms with Crippen LogP contribution in [0.5, 0.6) is 0 Å². The highest BCUT2D eigenvalue weighted by atomic mass is 16.2. The number of nitrogens with two attached hydrogens (primary N) is 1. The van der Waals surface area contributed by atoms with Crippen molar-refractivity contribution in [1.82, 2.24) is 0 Å². The van der Waals surface area contributed by atoms with Crippen LogP contribution in [0, 0.1) is 0 Å². The first kappa shape index (κ1) is 14.7. The van der Waals surface area contributed by atoms with Gasteiger partial charge in [0, 0.05) is 5.69 Å². The summed E-state index contributed by atoms with van der Waals surface area (Å²) in [5.41, 5.74) is 8.90. The van der Waals surface area contributed by atoms with Gasteiger partial charge in [0.05, 0.1) is 6.04 Å². The molecule has 3 heteroatoms. The fraction of sp³-hybridized carbons (Fsp3) is 0.533. The maximum absolute atomic E-state index is 11.7. The van der Waals surface area contributed by atoms with E-state index < -0.39 is 6.04 Å². The van der Waals surface area contributed by atoms with Crippen molar-refractivity contribution in [3.05, 3.63) is 29.3 Å². The first-order valence-electron chi connectivity index (χ1n) is 6.53. The Morgan fingerprint density at radius 3 is 2.17 bits per heavy atom. The summed E-state index contributed by atoms with van der Waals surface area (Å²) in [6.07, 6.45) is 0. The summed E-state index contributed by atoms with van der Waals surface area (Å²) < 4.78 is 0. The lowest BCUT2D eigenvalue weighted by Crippen LogP contribution is -2.32. The monoisotopic (exact) mass is 248 g/mol. The number of amides is 1. The highest BCUT2D eigenvalue weighted by molar-refractivity contribution is 5.95. The maximum Gasteiger partial charge on any atom is 0.241 e. The van der Waals surface area contributed by atoms with Crippen molar-refractivity contribution in [2.24, 2.45) is 5.73 Å². The molecule has 1 atom stereocenters. The minimum absolute atomic E-state index is 0.144. The molecule has 0 saturated carbocycles.